The van der Waals surface area contributed by atoms with Gasteiger partial charge in [-0.3, -0.25) is 0 Å². The predicted molar refractivity (Wildman–Crippen MR) is 97.5 cm³/mol. The Bertz CT molecular complexity index is 369. The van der Waals surface area contributed by atoms with Gasteiger partial charge in [-0.1, -0.05) is 63.6 Å². The first-order valence-electron chi connectivity index (χ1n) is 9.42. The summed E-state index contributed by atoms with van der Waals surface area (Å²) in [6, 6.07) is 11.3. The van der Waals surface area contributed by atoms with Crippen LogP contribution in [0.15, 0.2) is 30.3 Å². The molecule has 1 N–H and O–H groups in total. The molecule has 2 nitrogen and oxygen atoms in total. The van der Waals surface area contributed by atoms with Crippen molar-refractivity contribution >= 4 is 5.69 Å². The maximum absolute atomic E-state index is 3.67. The Labute approximate surface area is 137 Å². The van der Waals surface area contributed by atoms with Crippen LogP contribution in [-0.4, -0.2) is 30.6 Å². The van der Waals surface area contributed by atoms with Crippen molar-refractivity contribution in [3.05, 3.63) is 30.3 Å². The van der Waals surface area contributed by atoms with Gasteiger partial charge in [-0.2, -0.15) is 0 Å². The number of benzene rings is 1. The number of hydrogen-bond acceptors (Lipinski definition) is 2. The van der Waals surface area contributed by atoms with E-state index in [2.05, 4.69) is 47.5 Å². The molecule has 1 saturated heterocycles. The quantitative estimate of drug-likeness (QED) is 0.589. The number of anilines is 1. The van der Waals surface area contributed by atoms with Crippen LogP contribution in [0.3, 0.4) is 0 Å². The van der Waals surface area contributed by atoms with Crippen LogP contribution in [0.25, 0.3) is 0 Å². The van der Waals surface area contributed by atoms with E-state index in [-0.39, 0.29) is 0 Å². The van der Waals surface area contributed by atoms with Gasteiger partial charge in [0, 0.05) is 24.8 Å². The molecule has 1 heterocycles. The predicted octanol–water partition coefficient (Wildman–Crippen LogP) is 5.31. The minimum absolute atomic E-state index is 0.660. The van der Waals surface area contributed by atoms with E-state index in [1.165, 1.54) is 83.1 Å². The Morgan fingerprint density at radius 3 is 2.23 bits per heavy atom. The van der Waals surface area contributed by atoms with Crippen LogP contribution in [-0.2, 0) is 0 Å². The van der Waals surface area contributed by atoms with E-state index >= 15 is 0 Å². The summed E-state index contributed by atoms with van der Waals surface area (Å²) in [4.78, 5) is 2.66. The van der Waals surface area contributed by atoms with Crippen LogP contribution in [0.2, 0.25) is 0 Å². The van der Waals surface area contributed by atoms with Crippen molar-refractivity contribution in [2.45, 2.75) is 70.8 Å². The first-order chi connectivity index (χ1) is 10.9. The van der Waals surface area contributed by atoms with Crippen LogP contribution in [0, 0.1) is 0 Å². The molecule has 1 aromatic carbocycles. The largest absolute Gasteiger partial charge is 0.382 e. The third-order valence-corrected chi connectivity index (χ3v) is 4.81. The maximum atomic E-state index is 3.67. The van der Waals surface area contributed by atoms with Gasteiger partial charge >= 0.3 is 0 Å². The topological polar surface area (TPSA) is 15.3 Å². The van der Waals surface area contributed by atoms with Gasteiger partial charge < -0.3 is 10.2 Å². The van der Waals surface area contributed by atoms with Crippen LogP contribution in [0.5, 0.6) is 0 Å². The van der Waals surface area contributed by atoms with E-state index in [0.29, 0.717) is 6.04 Å². The summed E-state index contributed by atoms with van der Waals surface area (Å²) in [7, 11) is 0. The van der Waals surface area contributed by atoms with E-state index in [4.69, 9.17) is 0 Å². The Balaban J connectivity index is 1.50. The lowest BCUT2D eigenvalue weighted by Crippen LogP contribution is -2.39. The number of unbranched alkanes of at least 4 members (excludes halogenated alkanes) is 6. The van der Waals surface area contributed by atoms with Crippen LogP contribution in [0.4, 0.5) is 5.69 Å². The standard InChI is InChI=1S/C20H34N2/c1-2-3-4-5-6-7-11-16-22-17-14-20(15-18-22)21-19-12-9-8-10-13-19/h8-10,12-13,20-21H,2-7,11,14-18H2,1H3. The third-order valence-electron chi connectivity index (χ3n) is 4.81. The molecule has 2 rings (SSSR count). The molecule has 2 heteroatoms. The first kappa shape index (κ1) is 17.3. The Hall–Kier alpha value is -1.02. The minimum atomic E-state index is 0.660. The zero-order valence-corrected chi connectivity index (χ0v) is 14.4. The molecule has 0 bridgehead atoms. The fraction of sp³-hybridized carbons (Fsp3) is 0.700. The van der Waals surface area contributed by atoms with Gasteiger partial charge in [0.1, 0.15) is 0 Å². The highest BCUT2D eigenvalue weighted by Crippen LogP contribution is 2.17. The molecule has 0 amide bonds. The number of rotatable bonds is 10. The number of nitrogens with zero attached hydrogens (tertiary/aromatic N) is 1. The number of piperidine rings is 1. The summed E-state index contributed by atoms with van der Waals surface area (Å²) < 4.78 is 0. The first-order valence-corrected chi connectivity index (χ1v) is 9.42. The zero-order valence-electron chi connectivity index (χ0n) is 14.4. The Morgan fingerprint density at radius 1 is 0.909 bits per heavy atom. The maximum Gasteiger partial charge on any atom is 0.0342 e. The average molecular weight is 303 g/mol. The lowest BCUT2D eigenvalue weighted by atomic mass is 10.0. The van der Waals surface area contributed by atoms with Crippen LogP contribution in [0.1, 0.15) is 64.7 Å². The van der Waals surface area contributed by atoms with Crippen molar-refractivity contribution in [3.8, 4) is 0 Å². The second kappa shape index (κ2) is 10.7. The second-order valence-electron chi connectivity index (χ2n) is 6.75. The van der Waals surface area contributed by atoms with Gasteiger partial charge in [0.05, 0.1) is 0 Å². The van der Waals surface area contributed by atoms with Crippen LogP contribution < -0.4 is 5.32 Å². The molecule has 1 aliphatic heterocycles. The molecule has 0 atom stereocenters. The SMILES string of the molecule is CCCCCCCCCN1CCC(Nc2ccccc2)CC1. The molecule has 0 aromatic heterocycles. The number of para-hydroxylation sites is 1. The van der Waals surface area contributed by atoms with Gasteiger partial charge in [-0.15, -0.1) is 0 Å². The fourth-order valence-electron chi connectivity index (χ4n) is 3.36. The molecule has 22 heavy (non-hydrogen) atoms. The fourth-order valence-corrected chi connectivity index (χ4v) is 3.36. The van der Waals surface area contributed by atoms with Gasteiger partial charge in [-0.25, -0.2) is 0 Å². The zero-order chi connectivity index (χ0) is 15.5. The molecule has 0 unspecified atom stereocenters. The van der Waals surface area contributed by atoms with Crippen molar-refractivity contribution in [1.82, 2.24) is 4.90 Å². The van der Waals surface area contributed by atoms with E-state index in [9.17, 15) is 0 Å². The minimum Gasteiger partial charge on any atom is -0.382 e. The lowest BCUT2D eigenvalue weighted by molar-refractivity contribution is 0.214. The van der Waals surface area contributed by atoms with Crippen molar-refractivity contribution in [2.24, 2.45) is 0 Å². The van der Waals surface area contributed by atoms with Crippen molar-refractivity contribution in [3.63, 3.8) is 0 Å². The molecule has 0 saturated carbocycles. The molecule has 1 aliphatic rings. The van der Waals surface area contributed by atoms with Gasteiger partial charge in [-0.05, 0) is 37.9 Å². The average Bonchev–Trinajstić information content (AvgIpc) is 2.56. The van der Waals surface area contributed by atoms with Gasteiger partial charge in [0.15, 0.2) is 0 Å². The van der Waals surface area contributed by atoms with Crippen molar-refractivity contribution in [2.75, 3.05) is 25.0 Å². The monoisotopic (exact) mass is 302 g/mol. The Kier molecular flexibility index (Phi) is 8.40. The lowest BCUT2D eigenvalue weighted by Gasteiger charge is -2.32. The molecule has 0 aliphatic carbocycles. The van der Waals surface area contributed by atoms with Crippen molar-refractivity contribution in [1.29, 1.82) is 0 Å². The molecule has 1 fully saturated rings. The van der Waals surface area contributed by atoms with E-state index in [0.717, 1.165) is 0 Å². The summed E-state index contributed by atoms with van der Waals surface area (Å²) in [5.41, 5.74) is 1.27. The highest BCUT2D eigenvalue weighted by molar-refractivity contribution is 5.43. The Morgan fingerprint density at radius 2 is 1.55 bits per heavy atom. The van der Waals surface area contributed by atoms with E-state index in [1.807, 2.05) is 0 Å². The molecule has 124 valence electrons. The van der Waals surface area contributed by atoms with Crippen molar-refractivity contribution < 1.29 is 0 Å². The van der Waals surface area contributed by atoms with Gasteiger partial charge in [0.2, 0.25) is 0 Å². The normalized spacial score (nSPS) is 16.8. The molecule has 0 spiro atoms. The van der Waals surface area contributed by atoms with E-state index in [1.54, 1.807) is 0 Å². The summed E-state index contributed by atoms with van der Waals surface area (Å²) >= 11 is 0. The second-order valence-corrected chi connectivity index (χ2v) is 6.75. The smallest absolute Gasteiger partial charge is 0.0342 e. The highest BCUT2D eigenvalue weighted by atomic mass is 15.1. The summed E-state index contributed by atoms with van der Waals surface area (Å²) in [6.07, 6.45) is 12.5. The highest BCUT2D eigenvalue weighted by Gasteiger charge is 2.18. The van der Waals surface area contributed by atoms with Crippen LogP contribution >= 0.6 is 0 Å². The van der Waals surface area contributed by atoms with Gasteiger partial charge in [0.25, 0.3) is 0 Å². The number of hydrogen-bond donors (Lipinski definition) is 1. The molecular weight excluding hydrogens is 268 g/mol. The summed E-state index contributed by atoms with van der Waals surface area (Å²) in [5, 5.41) is 3.67. The molecular formula is C20H34N2. The summed E-state index contributed by atoms with van der Waals surface area (Å²) in [6.45, 7) is 6.13. The summed E-state index contributed by atoms with van der Waals surface area (Å²) in [5.74, 6) is 0. The van der Waals surface area contributed by atoms with E-state index < -0.39 is 0 Å². The number of nitrogens with one attached hydrogen (secondary N) is 1. The third kappa shape index (κ3) is 6.83. The molecule has 0 radical (unpaired) electrons. The molecule has 1 aromatic rings. The number of likely N-dealkylation sites (tertiary alicyclic amines) is 1.